The molecule has 1 fully saturated rings. The van der Waals surface area contributed by atoms with Crippen LogP contribution in [0.15, 0.2) is 47.9 Å². The van der Waals surface area contributed by atoms with Gasteiger partial charge in [0.2, 0.25) is 0 Å². The Balaban J connectivity index is 0.00000210. The van der Waals surface area contributed by atoms with Crippen LogP contribution in [0.5, 0.6) is 5.75 Å². The highest BCUT2D eigenvalue weighted by Crippen LogP contribution is 2.40. The Morgan fingerprint density at radius 3 is 2.74 bits per heavy atom. The molecule has 2 aliphatic heterocycles. The second-order valence-electron chi connectivity index (χ2n) is 7.28. The standard InChI is InChI=1S/C21H26N2O3.ClH/c24-21(25)16-10-14-22(15-11-16)12-5-13-23-17-6-1-3-8-19(17)26-20-9-4-2-7-18(20)23;/h1,3-4,6,8-9,16H,2,5,7,10-15H2,(H,24,25);1H. The van der Waals surface area contributed by atoms with Crippen molar-refractivity contribution in [3.8, 4) is 5.75 Å². The van der Waals surface area contributed by atoms with Crippen molar-refractivity contribution in [3.63, 3.8) is 0 Å². The zero-order chi connectivity index (χ0) is 17.9. The Hall–Kier alpha value is -1.98. The number of fused-ring (bicyclic) bond motifs is 1. The first-order chi connectivity index (χ1) is 12.7. The molecule has 0 spiro atoms. The molecule has 2 heterocycles. The number of nitrogens with zero attached hydrogens (tertiary/aromatic N) is 2. The molecule has 27 heavy (non-hydrogen) atoms. The number of anilines is 1. The topological polar surface area (TPSA) is 53.0 Å². The minimum atomic E-state index is -0.639. The minimum absolute atomic E-state index is 0. The van der Waals surface area contributed by atoms with E-state index in [0.29, 0.717) is 0 Å². The van der Waals surface area contributed by atoms with E-state index in [0.717, 1.165) is 75.5 Å². The van der Waals surface area contributed by atoms with E-state index in [1.807, 2.05) is 12.1 Å². The number of halogens is 1. The van der Waals surface area contributed by atoms with Crippen LogP contribution in [0, 0.1) is 5.92 Å². The summed E-state index contributed by atoms with van der Waals surface area (Å²) < 4.78 is 6.08. The van der Waals surface area contributed by atoms with Gasteiger partial charge in [-0.3, -0.25) is 4.79 Å². The largest absolute Gasteiger partial charge is 0.481 e. The Kier molecular flexibility index (Phi) is 6.45. The number of para-hydroxylation sites is 2. The van der Waals surface area contributed by atoms with E-state index in [1.165, 1.54) is 5.70 Å². The smallest absolute Gasteiger partial charge is 0.306 e. The van der Waals surface area contributed by atoms with Crippen LogP contribution >= 0.6 is 12.4 Å². The summed E-state index contributed by atoms with van der Waals surface area (Å²) in [7, 11) is 0. The maximum atomic E-state index is 11.1. The number of hydrogen-bond donors (Lipinski definition) is 1. The summed E-state index contributed by atoms with van der Waals surface area (Å²) >= 11 is 0. The van der Waals surface area contributed by atoms with Crippen LogP contribution in [0.25, 0.3) is 0 Å². The van der Waals surface area contributed by atoms with Crippen LogP contribution in [0.1, 0.15) is 32.1 Å². The highest BCUT2D eigenvalue weighted by atomic mass is 35.5. The van der Waals surface area contributed by atoms with Crippen molar-refractivity contribution in [2.75, 3.05) is 31.1 Å². The molecule has 0 atom stereocenters. The maximum Gasteiger partial charge on any atom is 0.306 e. The molecule has 146 valence electrons. The summed E-state index contributed by atoms with van der Waals surface area (Å²) in [5.74, 6) is 1.12. The van der Waals surface area contributed by atoms with E-state index in [-0.39, 0.29) is 18.3 Å². The van der Waals surface area contributed by atoms with Gasteiger partial charge in [0.1, 0.15) is 5.76 Å². The minimum Gasteiger partial charge on any atom is -0.481 e. The maximum absolute atomic E-state index is 11.1. The van der Waals surface area contributed by atoms with Gasteiger partial charge >= 0.3 is 5.97 Å². The van der Waals surface area contributed by atoms with Gasteiger partial charge in [0.25, 0.3) is 0 Å². The summed E-state index contributed by atoms with van der Waals surface area (Å²) in [5, 5.41) is 9.13. The van der Waals surface area contributed by atoms with Crippen LogP contribution in [0.3, 0.4) is 0 Å². The zero-order valence-electron chi connectivity index (χ0n) is 15.5. The van der Waals surface area contributed by atoms with Crippen LogP contribution < -0.4 is 9.64 Å². The molecule has 1 aromatic rings. The van der Waals surface area contributed by atoms with Crippen molar-refractivity contribution in [2.45, 2.75) is 32.1 Å². The SMILES string of the molecule is Cl.O=C(O)C1CCN(CCCN2C3=C(C=CCC3)Oc3ccccc32)CC1. The van der Waals surface area contributed by atoms with Gasteiger partial charge < -0.3 is 19.6 Å². The summed E-state index contributed by atoms with van der Waals surface area (Å²) in [5.41, 5.74) is 2.45. The third-order valence-electron chi connectivity index (χ3n) is 5.60. The number of likely N-dealkylation sites (tertiary alicyclic amines) is 1. The molecule has 3 aliphatic rings. The second kappa shape index (κ2) is 8.81. The van der Waals surface area contributed by atoms with Crippen LogP contribution in [-0.2, 0) is 4.79 Å². The summed E-state index contributed by atoms with van der Waals surface area (Å²) in [6, 6.07) is 8.25. The number of aliphatic carboxylic acids is 1. The van der Waals surface area contributed by atoms with Gasteiger partial charge in [-0.05, 0) is 69.9 Å². The molecule has 0 amide bonds. The van der Waals surface area contributed by atoms with E-state index in [2.05, 4.69) is 34.1 Å². The fourth-order valence-corrected chi connectivity index (χ4v) is 4.13. The van der Waals surface area contributed by atoms with Crippen LogP contribution in [0.4, 0.5) is 5.69 Å². The molecular weight excluding hydrogens is 364 g/mol. The lowest BCUT2D eigenvalue weighted by Crippen LogP contribution is -2.38. The monoisotopic (exact) mass is 390 g/mol. The molecule has 1 aliphatic carbocycles. The Labute approximate surface area is 166 Å². The highest BCUT2D eigenvalue weighted by Gasteiger charge is 2.27. The van der Waals surface area contributed by atoms with Crippen molar-refractivity contribution in [1.82, 2.24) is 4.90 Å². The van der Waals surface area contributed by atoms with Gasteiger partial charge in [-0.25, -0.2) is 0 Å². The van der Waals surface area contributed by atoms with Gasteiger partial charge in [0.05, 0.1) is 17.3 Å². The first-order valence-electron chi connectivity index (χ1n) is 9.61. The number of carbonyl (C=O) groups is 1. The molecule has 1 aromatic carbocycles. The van der Waals surface area contributed by atoms with E-state index >= 15 is 0 Å². The number of carboxylic acids is 1. The van der Waals surface area contributed by atoms with Gasteiger partial charge in [-0.2, -0.15) is 0 Å². The predicted octanol–water partition coefficient (Wildman–Crippen LogP) is 4.06. The van der Waals surface area contributed by atoms with Crippen LogP contribution in [-0.4, -0.2) is 42.2 Å². The molecule has 1 N–H and O–H groups in total. The fourth-order valence-electron chi connectivity index (χ4n) is 4.13. The summed E-state index contributed by atoms with van der Waals surface area (Å²) in [4.78, 5) is 15.9. The number of benzene rings is 1. The molecule has 5 nitrogen and oxygen atoms in total. The molecule has 6 heteroatoms. The van der Waals surface area contributed by atoms with E-state index in [9.17, 15) is 4.79 Å². The second-order valence-corrected chi connectivity index (χ2v) is 7.28. The number of hydrogen-bond acceptors (Lipinski definition) is 4. The number of rotatable bonds is 5. The van der Waals surface area contributed by atoms with Gasteiger partial charge in [0.15, 0.2) is 5.75 Å². The van der Waals surface area contributed by atoms with Crippen molar-refractivity contribution < 1.29 is 14.6 Å². The fraction of sp³-hybridized carbons (Fsp3) is 0.476. The zero-order valence-corrected chi connectivity index (χ0v) is 16.3. The van der Waals surface area contributed by atoms with Gasteiger partial charge in [0, 0.05) is 6.54 Å². The Bertz CT molecular complexity index is 739. The average molecular weight is 391 g/mol. The Morgan fingerprint density at radius 1 is 1.19 bits per heavy atom. The molecule has 4 rings (SSSR count). The lowest BCUT2D eigenvalue weighted by Gasteiger charge is -2.36. The summed E-state index contributed by atoms with van der Waals surface area (Å²) in [6.07, 6.45) is 8.96. The molecule has 0 unspecified atom stereocenters. The molecule has 1 saturated heterocycles. The third-order valence-corrected chi connectivity index (χ3v) is 5.60. The van der Waals surface area contributed by atoms with E-state index in [1.54, 1.807) is 0 Å². The quantitative estimate of drug-likeness (QED) is 0.821. The molecular formula is C21H27ClN2O3. The molecule has 0 saturated carbocycles. The van der Waals surface area contributed by atoms with Crippen molar-refractivity contribution in [3.05, 3.63) is 47.9 Å². The molecule has 0 bridgehead atoms. The van der Waals surface area contributed by atoms with Crippen molar-refractivity contribution in [1.29, 1.82) is 0 Å². The average Bonchev–Trinajstić information content (AvgIpc) is 2.68. The number of carboxylic acid groups (broad SMARTS) is 1. The number of piperidine rings is 1. The van der Waals surface area contributed by atoms with Gasteiger partial charge in [-0.15, -0.1) is 12.4 Å². The lowest BCUT2D eigenvalue weighted by atomic mass is 9.97. The van der Waals surface area contributed by atoms with Crippen LogP contribution in [0.2, 0.25) is 0 Å². The first-order valence-corrected chi connectivity index (χ1v) is 9.61. The number of ether oxygens (including phenoxy) is 1. The third kappa shape index (κ3) is 4.30. The molecule has 0 radical (unpaired) electrons. The molecule has 0 aromatic heterocycles. The van der Waals surface area contributed by atoms with E-state index in [4.69, 9.17) is 9.84 Å². The Morgan fingerprint density at radius 2 is 1.96 bits per heavy atom. The van der Waals surface area contributed by atoms with Gasteiger partial charge in [-0.1, -0.05) is 18.2 Å². The first kappa shape index (κ1) is 19.8. The van der Waals surface area contributed by atoms with Crippen molar-refractivity contribution >= 4 is 24.1 Å². The number of allylic oxidation sites excluding steroid dienone is 3. The highest BCUT2D eigenvalue weighted by molar-refractivity contribution is 5.85. The summed E-state index contributed by atoms with van der Waals surface area (Å²) in [6.45, 7) is 3.77. The van der Waals surface area contributed by atoms with Crippen molar-refractivity contribution in [2.24, 2.45) is 5.92 Å². The normalized spacial score (nSPS) is 19.8. The predicted molar refractivity (Wildman–Crippen MR) is 108 cm³/mol. The lowest BCUT2D eigenvalue weighted by molar-refractivity contribution is -0.143. The van der Waals surface area contributed by atoms with E-state index < -0.39 is 5.97 Å².